The predicted molar refractivity (Wildman–Crippen MR) is 68.7 cm³/mol. The number of nitrogens with one attached hydrogen (secondary N) is 1. The lowest BCUT2D eigenvalue weighted by Crippen LogP contribution is -2.27. The molecule has 2 unspecified atom stereocenters. The monoisotopic (exact) mass is 236 g/mol. The molecular weight excluding hydrogens is 212 g/mol. The molecule has 17 heavy (non-hydrogen) atoms. The number of rotatable bonds is 4. The molecule has 1 heterocycles. The first kappa shape index (κ1) is 12.6. The summed E-state index contributed by atoms with van der Waals surface area (Å²) >= 11 is 0. The van der Waals surface area contributed by atoms with Crippen LogP contribution in [-0.2, 0) is 6.54 Å². The Hall–Kier alpha value is -0.900. The van der Waals surface area contributed by atoms with E-state index in [2.05, 4.69) is 40.9 Å². The highest BCUT2D eigenvalue weighted by Gasteiger charge is 2.22. The SMILES string of the molecule is CC1CCCC(n2ncnc2CNC(C)C)C1. The molecule has 2 atom stereocenters. The second kappa shape index (κ2) is 5.63. The van der Waals surface area contributed by atoms with Gasteiger partial charge in [0.25, 0.3) is 0 Å². The van der Waals surface area contributed by atoms with Crippen LogP contribution in [0.3, 0.4) is 0 Å². The highest BCUT2D eigenvalue weighted by atomic mass is 15.4. The molecule has 1 aliphatic carbocycles. The minimum atomic E-state index is 0.491. The van der Waals surface area contributed by atoms with E-state index in [1.165, 1.54) is 25.7 Å². The van der Waals surface area contributed by atoms with Crippen molar-refractivity contribution >= 4 is 0 Å². The van der Waals surface area contributed by atoms with Crippen molar-refractivity contribution in [1.29, 1.82) is 0 Å². The van der Waals surface area contributed by atoms with Crippen LogP contribution in [0, 0.1) is 5.92 Å². The van der Waals surface area contributed by atoms with Crippen LogP contribution in [0.5, 0.6) is 0 Å². The van der Waals surface area contributed by atoms with Gasteiger partial charge in [-0.25, -0.2) is 9.67 Å². The molecule has 4 nitrogen and oxygen atoms in total. The van der Waals surface area contributed by atoms with E-state index in [0.29, 0.717) is 12.1 Å². The van der Waals surface area contributed by atoms with Gasteiger partial charge in [0, 0.05) is 6.04 Å². The molecule has 4 heteroatoms. The zero-order chi connectivity index (χ0) is 12.3. The van der Waals surface area contributed by atoms with Crippen molar-refractivity contribution < 1.29 is 0 Å². The van der Waals surface area contributed by atoms with E-state index < -0.39 is 0 Å². The largest absolute Gasteiger partial charge is 0.308 e. The van der Waals surface area contributed by atoms with Crippen molar-refractivity contribution in [3.8, 4) is 0 Å². The minimum absolute atomic E-state index is 0.491. The molecule has 1 saturated carbocycles. The van der Waals surface area contributed by atoms with Gasteiger partial charge >= 0.3 is 0 Å². The molecule has 1 aliphatic rings. The van der Waals surface area contributed by atoms with Crippen LogP contribution in [0.4, 0.5) is 0 Å². The molecular formula is C13H24N4. The van der Waals surface area contributed by atoms with Crippen molar-refractivity contribution in [3.63, 3.8) is 0 Å². The average Bonchev–Trinajstić information content (AvgIpc) is 2.74. The molecule has 0 saturated heterocycles. The first-order valence-electron chi connectivity index (χ1n) is 6.78. The van der Waals surface area contributed by atoms with Gasteiger partial charge in [-0.15, -0.1) is 0 Å². The van der Waals surface area contributed by atoms with Gasteiger partial charge < -0.3 is 5.32 Å². The van der Waals surface area contributed by atoms with Crippen molar-refractivity contribution in [3.05, 3.63) is 12.2 Å². The first-order valence-corrected chi connectivity index (χ1v) is 6.78. The maximum atomic E-state index is 4.42. The van der Waals surface area contributed by atoms with Crippen LogP contribution in [-0.4, -0.2) is 20.8 Å². The van der Waals surface area contributed by atoms with E-state index in [9.17, 15) is 0 Å². The van der Waals surface area contributed by atoms with Crippen LogP contribution < -0.4 is 5.32 Å². The fourth-order valence-corrected chi connectivity index (χ4v) is 2.63. The zero-order valence-corrected chi connectivity index (χ0v) is 11.2. The molecule has 2 rings (SSSR count). The summed E-state index contributed by atoms with van der Waals surface area (Å²) in [6.45, 7) is 7.48. The molecule has 0 amide bonds. The Labute approximate surface area is 104 Å². The van der Waals surface area contributed by atoms with Gasteiger partial charge in [-0.2, -0.15) is 5.10 Å². The second-order valence-corrected chi connectivity index (χ2v) is 5.58. The normalized spacial score (nSPS) is 25.4. The van der Waals surface area contributed by atoms with E-state index in [0.717, 1.165) is 18.3 Å². The van der Waals surface area contributed by atoms with Gasteiger partial charge in [-0.05, 0) is 18.8 Å². The van der Waals surface area contributed by atoms with E-state index in [1.807, 2.05) is 0 Å². The summed E-state index contributed by atoms with van der Waals surface area (Å²) < 4.78 is 2.14. The molecule has 0 aliphatic heterocycles. The van der Waals surface area contributed by atoms with Crippen molar-refractivity contribution in [2.45, 2.75) is 65.1 Å². The molecule has 0 spiro atoms. The fourth-order valence-electron chi connectivity index (χ4n) is 2.63. The number of nitrogens with zero attached hydrogens (tertiary/aromatic N) is 3. The third-order valence-electron chi connectivity index (χ3n) is 3.57. The van der Waals surface area contributed by atoms with Crippen LogP contribution >= 0.6 is 0 Å². The summed E-state index contributed by atoms with van der Waals surface area (Å²) in [5.74, 6) is 1.90. The lowest BCUT2D eigenvalue weighted by molar-refractivity contribution is 0.259. The molecule has 0 aromatic carbocycles. The van der Waals surface area contributed by atoms with Gasteiger partial charge in [0.15, 0.2) is 0 Å². The number of hydrogen-bond donors (Lipinski definition) is 1. The average molecular weight is 236 g/mol. The lowest BCUT2D eigenvalue weighted by Gasteiger charge is -2.27. The van der Waals surface area contributed by atoms with Gasteiger partial charge in [-0.1, -0.05) is 33.6 Å². The van der Waals surface area contributed by atoms with Crippen molar-refractivity contribution in [2.75, 3.05) is 0 Å². The van der Waals surface area contributed by atoms with E-state index >= 15 is 0 Å². The summed E-state index contributed by atoms with van der Waals surface area (Å²) in [7, 11) is 0. The maximum Gasteiger partial charge on any atom is 0.141 e. The Balaban J connectivity index is 2.02. The van der Waals surface area contributed by atoms with E-state index in [1.54, 1.807) is 6.33 Å². The summed E-state index contributed by atoms with van der Waals surface area (Å²) in [6.07, 6.45) is 6.88. The highest BCUT2D eigenvalue weighted by Crippen LogP contribution is 2.32. The standard InChI is InChI=1S/C13H24N4/c1-10(2)14-8-13-15-9-16-17(13)12-6-4-5-11(3)7-12/h9-12,14H,4-8H2,1-3H3. The molecule has 96 valence electrons. The first-order chi connectivity index (χ1) is 8.16. The Morgan fingerprint density at radius 3 is 3.00 bits per heavy atom. The smallest absolute Gasteiger partial charge is 0.141 e. The Morgan fingerprint density at radius 2 is 2.29 bits per heavy atom. The second-order valence-electron chi connectivity index (χ2n) is 5.58. The maximum absolute atomic E-state index is 4.42. The minimum Gasteiger partial charge on any atom is -0.308 e. The van der Waals surface area contributed by atoms with Crippen LogP contribution in [0.25, 0.3) is 0 Å². The number of hydrogen-bond acceptors (Lipinski definition) is 3. The molecule has 0 radical (unpaired) electrons. The summed E-state index contributed by atoms with van der Waals surface area (Å²) in [6, 6.07) is 1.05. The highest BCUT2D eigenvalue weighted by molar-refractivity contribution is 4.89. The zero-order valence-electron chi connectivity index (χ0n) is 11.2. The summed E-state index contributed by atoms with van der Waals surface area (Å²) in [5, 5.41) is 7.83. The molecule has 0 bridgehead atoms. The van der Waals surface area contributed by atoms with Gasteiger partial charge in [0.2, 0.25) is 0 Å². The van der Waals surface area contributed by atoms with E-state index in [4.69, 9.17) is 0 Å². The number of aromatic nitrogens is 3. The third kappa shape index (κ3) is 3.28. The van der Waals surface area contributed by atoms with E-state index in [-0.39, 0.29) is 0 Å². The summed E-state index contributed by atoms with van der Waals surface area (Å²) in [4.78, 5) is 4.38. The Morgan fingerprint density at radius 1 is 1.47 bits per heavy atom. The molecule has 1 aromatic rings. The van der Waals surface area contributed by atoms with Gasteiger partial charge in [0.1, 0.15) is 12.2 Å². The Bertz CT molecular complexity index is 345. The molecule has 1 fully saturated rings. The van der Waals surface area contributed by atoms with Crippen LogP contribution in [0.1, 0.15) is 58.3 Å². The predicted octanol–water partition coefficient (Wildman–Crippen LogP) is 2.53. The van der Waals surface area contributed by atoms with Gasteiger partial charge in [0.05, 0.1) is 12.6 Å². The molecule has 1 aromatic heterocycles. The van der Waals surface area contributed by atoms with Crippen LogP contribution in [0.2, 0.25) is 0 Å². The van der Waals surface area contributed by atoms with Crippen molar-refractivity contribution in [2.24, 2.45) is 5.92 Å². The molecule has 1 N–H and O–H groups in total. The third-order valence-corrected chi connectivity index (χ3v) is 3.57. The summed E-state index contributed by atoms with van der Waals surface area (Å²) in [5.41, 5.74) is 0. The lowest BCUT2D eigenvalue weighted by atomic mass is 9.87. The van der Waals surface area contributed by atoms with Crippen molar-refractivity contribution in [1.82, 2.24) is 20.1 Å². The topological polar surface area (TPSA) is 42.7 Å². The van der Waals surface area contributed by atoms with Gasteiger partial charge in [-0.3, -0.25) is 0 Å². The Kier molecular flexibility index (Phi) is 4.15. The van der Waals surface area contributed by atoms with Crippen LogP contribution in [0.15, 0.2) is 6.33 Å². The quantitative estimate of drug-likeness (QED) is 0.873. The fraction of sp³-hybridized carbons (Fsp3) is 0.846.